The lowest BCUT2D eigenvalue weighted by Crippen LogP contribution is -2.52. The number of fused-ring (bicyclic) bond motifs is 4. The molecule has 0 radical (unpaired) electrons. The summed E-state index contributed by atoms with van der Waals surface area (Å²) in [6.07, 6.45) is 12.9. The van der Waals surface area contributed by atoms with Crippen molar-refractivity contribution < 1.29 is 22.8 Å². The van der Waals surface area contributed by atoms with Crippen molar-refractivity contribution in [1.82, 2.24) is 34.5 Å². The summed E-state index contributed by atoms with van der Waals surface area (Å²) in [5, 5.41) is 5.41. The van der Waals surface area contributed by atoms with E-state index in [2.05, 4.69) is 25.3 Å². The highest BCUT2D eigenvalue weighted by molar-refractivity contribution is 7.13. The van der Waals surface area contributed by atoms with E-state index < -0.39 is 17.8 Å². The molecule has 1 N–H and O–H groups in total. The quantitative estimate of drug-likeness (QED) is 0.172. The number of thiophene rings is 1. The van der Waals surface area contributed by atoms with Gasteiger partial charge < -0.3 is 23.5 Å². The van der Waals surface area contributed by atoms with Crippen molar-refractivity contribution in [2.24, 2.45) is 17.8 Å². The summed E-state index contributed by atoms with van der Waals surface area (Å²) >= 11 is 7.65. The van der Waals surface area contributed by atoms with Gasteiger partial charge >= 0.3 is 5.97 Å². The summed E-state index contributed by atoms with van der Waals surface area (Å²) in [4.78, 5) is 40.9. The minimum absolute atomic E-state index is 0.0000368. The zero-order valence-corrected chi connectivity index (χ0v) is 25.7. The average Bonchev–Trinajstić information content (AvgIpc) is 3.91. The van der Waals surface area contributed by atoms with Crippen LogP contribution in [-0.2, 0) is 22.7 Å². The first-order chi connectivity index (χ1) is 22.5. The van der Waals surface area contributed by atoms with Crippen LogP contribution in [0.4, 0.5) is 10.2 Å². The lowest BCUT2D eigenvalue weighted by molar-refractivity contribution is -0.157. The van der Waals surface area contributed by atoms with E-state index >= 15 is 4.39 Å². The first-order valence-corrected chi connectivity index (χ1v) is 16.1. The smallest absolute Gasteiger partial charge is 0.311 e. The summed E-state index contributed by atoms with van der Waals surface area (Å²) in [5.74, 6) is -0.205. The molecule has 3 saturated carbocycles. The summed E-state index contributed by atoms with van der Waals surface area (Å²) < 4.78 is 34.6. The molecule has 0 amide bonds. The molecule has 3 aliphatic carbocycles. The highest BCUT2D eigenvalue weighted by Gasteiger charge is 2.48. The van der Waals surface area contributed by atoms with E-state index in [4.69, 9.17) is 35.1 Å². The van der Waals surface area contributed by atoms with E-state index in [9.17, 15) is 4.79 Å². The van der Waals surface area contributed by atoms with Gasteiger partial charge in [0.15, 0.2) is 29.7 Å². The number of nitrogens with one attached hydrogen (secondary N) is 1. The predicted octanol–water partition coefficient (Wildman–Crippen LogP) is 6.39. The van der Waals surface area contributed by atoms with E-state index in [0.717, 1.165) is 25.7 Å². The molecule has 234 valence electrons. The van der Waals surface area contributed by atoms with Crippen LogP contribution >= 0.6 is 22.9 Å². The number of carbonyl (C=O) groups excluding carboxylic acids is 1. The first kappa shape index (κ1) is 28.8. The number of carbonyl (C=O) groups is 1. The van der Waals surface area contributed by atoms with Crippen LogP contribution in [-0.4, -0.2) is 46.5 Å². The molecule has 0 saturated heterocycles. The minimum Gasteiger partial charge on any atom is -0.455 e. The van der Waals surface area contributed by atoms with Crippen molar-refractivity contribution in [1.29, 1.82) is 0 Å². The Morgan fingerprint density at radius 3 is 2.59 bits per heavy atom. The molecule has 3 fully saturated rings. The molecule has 2 atom stereocenters. The molecule has 2 bridgehead atoms. The van der Waals surface area contributed by atoms with E-state index in [-0.39, 0.29) is 53.4 Å². The van der Waals surface area contributed by atoms with Gasteiger partial charge in [0.1, 0.15) is 35.4 Å². The summed E-state index contributed by atoms with van der Waals surface area (Å²) in [7, 11) is 0. The van der Waals surface area contributed by atoms with Crippen LogP contribution in [0.5, 0.6) is 0 Å². The third-order valence-corrected chi connectivity index (χ3v) is 9.85. The van der Waals surface area contributed by atoms with Gasteiger partial charge in [0.25, 0.3) is 0 Å². The molecule has 6 aromatic rings. The molecule has 46 heavy (non-hydrogen) atoms. The van der Waals surface area contributed by atoms with Crippen molar-refractivity contribution in [2.45, 2.75) is 44.9 Å². The van der Waals surface area contributed by atoms with Gasteiger partial charge in [-0.2, -0.15) is 0 Å². The highest BCUT2D eigenvalue weighted by Crippen LogP contribution is 2.47. The second-order valence-electron chi connectivity index (χ2n) is 11.4. The van der Waals surface area contributed by atoms with Crippen molar-refractivity contribution >= 4 is 45.9 Å². The number of anilines is 1. The lowest BCUT2D eigenvalue weighted by Gasteiger charge is -2.47. The number of hydrogen-bond acceptors (Lipinski definition) is 12. The summed E-state index contributed by atoms with van der Waals surface area (Å²) in [5.41, 5.74) is 1.59. The van der Waals surface area contributed by atoms with Crippen LogP contribution in [0.2, 0.25) is 5.15 Å². The maximum absolute atomic E-state index is 16.4. The maximum atomic E-state index is 16.4. The number of rotatable bonds is 9. The highest BCUT2D eigenvalue weighted by atomic mass is 35.5. The molecule has 6 heterocycles. The molecule has 0 unspecified atom stereocenters. The summed E-state index contributed by atoms with van der Waals surface area (Å²) in [6.45, 7) is 0.203. The Labute approximate surface area is 270 Å². The third-order valence-electron chi connectivity index (χ3n) is 8.79. The standard InChI is InChI=1S/C31H26ClFN8O4S/c32-20-12-36-30-26(37-20)18(13-41(30)14-21-34-7-9-43-21)28-39-27(19-2-1-11-46-19)24(33)29(40-28)38-25-17-5-3-16(4-6-17)23(25)31(42)45-15-22-35-8-10-44-22/h1-2,7-13,16-17,23,25H,3-6,14-15H2,(H,38,39,40)/t16?,17?,23-,25-/m0/s1. The minimum atomic E-state index is -0.604. The fourth-order valence-corrected chi connectivity index (χ4v) is 7.58. The molecular weight excluding hydrogens is 635 g/mol. The molecule has 0 aromatic carbocycles. The number of ether oxygens (including phenoxy) is 1. The Morgan fingerprint density at radius 2 is 1.85 bits per heavy atom. The van der Waals surface area contributed by atoms with E-state index in [1.54, 1.807) is 18.5 Å². The number of oxazole rings is 2. The molecule has 6 aromatic heterocycles. The largest absolute Gasteiger partial charge is 0.455 e. The molecule has 15 heteroatoms. The fraction of sp³-hybridized carbons (Fsp3) is 0.323. The Bertz CT molecular complexity index is 1990. The molecular formula is C31H26ClFN8O4S. The molecule has 0 spiro atoms. The Morgan fingerprint density at radius 1 is 1.07 bits per heavy atom. The predicted molar refractivity (Wildman–Crippen MR) is 165 cm³/mol. The average molecular weight is 661 g/mol. The SMILES string of the molecule is O=C(OCc1ncco1)[C@H]1C2CCC(CC2)[C@@H]1Nc1nc(-c2cn(Cc3ncco3)c3ncc(Cl)nc23)nc(-c2cccs2)c1F. The van der Waals surface area contributed by atoms with Gasteiger partial charge in [-0.15, -0.1) is 11.3 Å². The number of aromatic nitrogens is 7. The number of halogens is 2. The van der Waals surface area contributed by atoms with E-state index in [0.29, 0.717) is 33.4 Å². The van der Waals surface area contributed by atoms with Crippen molar-refractivity contribution in [3.8, 4) is 22.0 Å². The van der Waals surface area contributed by atoms with Crippen LogP contribution < -0.4 is 5.32 Å². The zero-order valence-electron chi connectivity index (χ0n) is 24.2. The Hall–Kier alpha value is -4.69. The zero-order chi connectivity index (χ0) is 31.2. The number of nitrogens with zero attached hydrogens (tertiary/aromatic N) is 7. The molecule has 12 nitrogen and oxygen atoms in total. The molecule has 9 rings (SSSR count). The maximum Gasteiger partial charge on any atom is 0.311 e. The summed E-state index contributed by atoms with van der Waals surface area (Å²) in [6, 6.07) is 3.25. The van der Waals surface area contributed by atoms with Crippen LogP contribution in [0.3, 0.4) is 0 Å². The van der Waals surface area contributed by atoms with Crippen LogP contribution in [0.1, 0.15) is 37.5 Å². The molecule has 0 aliphatic heterocycles. The Balaban J connectivity index is 1.20. The lowest BCUT2D eigenvalue weighted by atomic mass is 9.61. The Kier molecular flexibility index (Phi) is 7.45. The van der Waals surface area contributed by atoms with Gasteiger partial charge in [0.2, 0.25) is 11.8 Å². The van der Waals surface area contributed by atoms with Gasteiger partial charge in [0.05, 0.1) is 34.9 Å². The van der Waals surface area contributed by atoms with Gasteiger partial charge in [-0.25, -0.2) is 34.3 Å². The molecule has 3 aliphatic rings. The van der Waals surface area contributed by atoms with Gasteiger partial charge in [-0.05, 0) is 49.0 Å². The van der Waals surface area contributed by atoms with E-state index in [1.807, 2.05) is 16.0 Å². The van der Waals surface area contributed by atoms with E-state index in [1.165, 1.54) is 36.3 Å². The van der Waals surface area contributed by atoms with Gasteiger partial charge in [0, 0.05) is 12.2 Å². The topological polar surface area (TPSA) is 147 Å². The number of esters is 1. The normalized spacial score (nSPS) is 20.7. The van der Waals surface area contributed by atoms with Crippen molar-refractivity contribution in [3.63, 3.8) is 0 Å². The first-order valence-electron chi connectivity index (χ1n) is 14.8. The van der Waals surface area contributed by atoms with Gasteiger partial charge in [-0.3, -0.25) is 4.79 Å². The van der Waals surface area contributed by atoms with Crippen LogP contribution in [0.15, 0.2) is 63.7 Å². The van der Waals surface area contributed by atoms with Crippen LogP contribution in [0.25, 0.3) is 33.1 Å². The van der Waals surface area contributed by atoms with Crippen molar-refractivity contribution in [2.75, 3.05) is 5.32 Å². The second kappa shape index (κ2) is 11.9. The van der Waals surface area contributed by atoms with Crippen LogP contribution in [0, 0.1) is 23.6 Å². The number of hydrogen-bond donors (Lipinski definition) is 1. The fourth-order valence-electron chi connectivity index (χ4n) is 6.74. The third kappa shape index (κ3) is 5.30. The van der Waals surface area contributed by atoms with Gasteiger partial charge in [-0.1, -0.05) is 17.7 Å². The second-order valence-corrected chi connectivity index (χ2v) is 12.7. The monoisotopic (exact) mass is 660 g/mol. The van der Waals surface area contributed by atoms with Crippen molar-refractivity contribution in [3.05, 3.63) is 77.6 Å².